The summed E-state index contributed by atoms with van der Waals surface area (Å²) in [6, 6.07) is 6.70. The number of ether oxygens (including phenoxy) is 1. The minimum atomic E-state index is -3.67. The molecule has 1 aromatic heterocycles. The van der Waals surface area contributed by atoms with Crippen molar-refractivity contribution in [1.29, 1.82) is 0 Å². The highest BCUT2D eigenvalue weighted by molar-refractivity contribution is 7.89. The Hall–Kier alpha value is -1.94. The van der Waals surface area contributed by atoms with E-state index in [9.17, 15) is 13.2 Å². The molecule has 0 spiro atoms. The average Bonchev–Trinajstić information content (AvgIpc) is 3.07. The van der Waals surface area contributed by atoms with Crippen LogP contribution in [0.4, 0.5) is 5.69 Å². The molecule has 1 aliphatic heterocycles. The minimum Gasteiger partial charge on any atom is -0.379 e. The predicted octanol–water partition coefficient (Wildman–Crippen LogP) is 1.20. The lowest BCUT2D eigenvalue weighted by Gasteiger charge is -2.24. The maximum Gasteiger partial charge on any atom is 0.262 e. The van der Waals surface area contributed by atoms with Gasteiger partial charge in [0.1, 0.15) is 6.54 Å². The highest BCUT2D eigenvalue weighted by atomic mass is 35.5. The number of morpholine rings is 1. The number of carbonyl (C=O) groups excluding carboxylic acids is 1. The molecule has 2 heterocycles. The van der Waals surface area contributed by atoms with Gasteiger partial charge in [0.25, 0.3) is 10.0 Å². The number of amides is 1. The highest BCUT2D eigenvalue weighted by Gasteiger charge is 2.28. The van der Waals surface area contributed by atoms with Crippen LogP contribution in [0.5, 0.6) is 0 Å². The molecule has 0 atom stereocenters. The van der Waals surface area contributed by atoms with E-state index < -0.39 is 10.0 Å². The van der Waals surface area contributed by atoms with Gasteiger partial charge in [-0.05, 0) is 24.3 Å². The molecule has 0 aliphatic carbocycles. The normalized spacial score (nSPS) is 15.9. The van der Waals surface area contributed by atoms with Gasteiger partial charge in [-0.15, -0.1) is 0 Å². The minimum absolute atomic E-state index is 0.0474. The highest BCUT2D eigenvalue weighted by Crippen LogP contribution is 2.16. The maximum atomic E-state index is 12.5. The van der Waals surface area contributed by atoms with E-state index in [-0.39, 0.29) is 17.5 Å². The molecule has 2 aromatic rings. The first kappa shape index (κ1) is 17.9. The van der Waals surface area contributed by atoms with Gasteiger partial charge in [0.2, 0.25) is 5.91 Å². The number of sulfonamides is 1. The summed E-state index contributed by atoms with van der Waals surface area (Å²) in [4.78, 5) is 16.0. The monoisotopic (exact) mass is 384 g/mol. The molecule has 0 saturated carbocycles. The van der Waals surface area contributed by atoms with Crippen molar-refractivity contribution in [1.82, 2.24) is 13.9 Å². The Labute approximate surface area is 150 Å². The Morgan fingerprint density at radius 1 is 1.24 bits per heavy atom. The van der Waals surface area contributed by atoms with Gasteiger partial charge in [0, 0.05) is 30.0 Å². The number of nitrogens with one attached hydrogen (secondary N) is 1. The molecule has 0 unspecified atom stereocenters. The number of halogens is 1. The number of hydrogen-bond donors (Lipinski definition) is 1. The molecular weight excluding hydrogens is 368 g/mol. The SMILES string of the molecule is O=C(Cn1cnc(S(=O)(=O)N2CCOCC2)c1)Nc1ccc(Cl)cc1. The summed E-state index contributed by atoms with van der Waals surface area (Å²) in [5, 5.41) is 3.21. The van der Waals surface area contributed by atoms with Crippen LogP contribution >= 0.6 is 11.6 Å². The van der Waals surface area contributed by atoms with E-state index in [1.54, 1.807) is 24.3 Å². The van der Waals surface area contributed by atoms with Crippen molar-refractivity contribution in [3.05, 3.63) is 41.8 Å². The molecule has 134 valence electrons. The molecule has 1 amide bonds. The van der Waals surface area contributed by atoms with E-state index in [2.05, 4.69) is 10.3 Å². The van der Waals surface area contributed by atoms with Crippen molar-refractivity contribution in [2.24, 2.45) is 0 Å². The molecule has 25 heavy (non-hydrogen) atoms. The van der Waals surface area contributed by atoms with E-state index in [1.165, 1.54) is 21.4 Å². The molecular formula is C15H17ClN4O4S. The first-order valence-electron chi connectivity index (χ1n) is 7.60. The number of carbonyl (C=O) groups is 1. The summed E-state index contributed by atoms with van der Waals surface area (Å²) < 4.78 is 32.9. The third-order valence-corrected chi connectivity index (χ3v) is 5.67. The summed E-state index contributed by atoms with van der Waals surface area (Å²) in [5.74, 6) is -0.296. The van der Waals surface area contributed by atoms with E-state index >= 15 is 0 Å². The lowest BCUT2D eigenvalue weighted by molar-refractivity contribution is -0.116. The Morgan fingerprint density at radius 3 is 2.60 bits per heavy atom. The first-order valence-corrected chi connectivity index (χ1v) is 9.42. The van der Waals surface area contributed by atoms with Gasteiger partial charge in [-0.25, -0.2) is 13.4 Å². The Kier molecular flexibility index (Phi) is 5.38. The zero-order valence-corrected chi connectivity index (χ0v) is 14.8. The zero-order valence-electron chi connectivity index (χ0n) is 13.3. The van der Waals surface area contributed by atoms with Crippen molar-refractivity contribution in [2.45, 2.75) is 11.6 Å². The Morgan fingerprint density at radius 2 is 1.92 bits per heavy atom. The molecule has 8 nitrogen and oxygen atoms in total. The van der Waals surface area contributed by atoms with Crippen molar-refractivity contribution in [3.8, 4) is 0 Å². The topological polar surface area (TPSA) is 93.5 Å². The van der Waals surface area contributed by atoms with Gasteiger partial charge in [0.15, 0.2) is 5.03 Å². The van der Waals surface area contributed by atoms with Crippen LogP contribution in [0.1, 0.15) is 0 Å². The second kappa shape index (κ2) is 7.52. The number of hydrogen-bond acceptors (Lipinski definition) is 5. The van der Waals surface area contributed by atoms with Gasteiger partial charge in [0.05, 0.1) is 19.5 Å². The van der Waals surface area contributed by atoms with Crippen LogP contribution in [0.3, 0.4) is 0 Å². The number of nitrogens with zero attached hydrogens (tertiary/aromatic N) is 3. The van der Waals surface area contributed by atoms with Gasteiger partial charge in [-0.3, -0.25) is 4.79 Å². The third-order valence-electron chi connectivity index (χ3n) is 3.64. The molecule has 3 rings (SSSR count). The summed E-state index contributed by atoms with van der Waals surface area (Å²) in [6.45, 7) is 1.28. The number of anilines is 1. The van der Waals surface area contributed by atoms with Crippen molar-refractivity contribution in [2.75, 3.05) is 31.6 Å². The second-order valence-electron chi connectivity index (χ2n) is 5.46. The fourth-order valence-corrected chi connectivity index (χ4v) is 3.85. The maximum absolute atomic E-state index is 12.5. The molecule has 1 fully saturated rings. The van der Waals surface area contributed by atoms with E-state index in [0.29, 0.717) is 37.0 Å². The smallest absolute Gasteiger partial charge is 0.262 e. The Balaban J connectivity index is 1.64. The largest absolute Gasteiger partial charge is 0.379 e. The van der Waals surface area contributed by atoms with Gasteiger partial charge < -0.3 is 14.6 Å². The fourth-order valence-electron chi connectivity index (χ4n) is 2.38. The number of benzene rings is 1. The standard InChI is InChI=1S/C15H17ClN4O4S/c16-12-1-3-13(4-2-12)18-14(21)9-19-10-15(17-11-19)25(22,23)20-5-7-24-8-6-20/h1-4,10-11H,5-9H2,(H,18,21). The third kappa shape index (κ3) is 4.37. The van der Waals surface area contributed by atoms with Crippen LogP contribution in [-0.2, 0) is 26.1 Å². The van der Waals surface area contributed by atoms with Gasteiger partial charge in [-0.1, -0.05) is 11.6 Å². The Bertz CT molecular complexity index is 845. The molecule has 1 saturated heterocycles. The zero-order chi connectivity index (χ0) is 17.9. The summed E-state index contributed by atoms with van der Waals surface area (Å²) in [5.41, 5.74) is 0.607. The number of aromatic nitrogens is 2. The van der Waals surface area contributed by atoms with Crippen molar-refractivity contribution in [3.63, 3.8) is 0 Å². The van der Waals surface area contributed by atoms with Crippen LogP contribution in [0.2, 0.25) is 5.02 Å². The summed E-state index contributed by atoms with van der Waals surface area (Å²) in [7, 11) is -3.67. The van der Waals surface area contributed by atoms with Crippen LogP contribution in [0, 0.1) is 0 Å². The van der Waals surface area contributed by atoms with Crippen molar-refractivity contribution < 1.29 is 17.9 Å². The van der Waals surface area contributed by atoms with E-state index in [1.807, 2.05) is 0 Å². The van der Waals surface area contributed by atoms with Gasteiger partial charge >= 0.3 is 0 Å². The number of imidazole rings is 1. The lowest BCUT2D eigenvalue weighted by Crippen LogP contribution is -2.40. The van der Waals surface area contributed by atoms with Crippen LogP contribution in [-0.4, -0.2) is 54.5 Å². The molecule has 1 aromatic carbocycles. The quantitative estimate of drug-likeness (QED) is 0.835. The molecule has 0 bridgehead atoms. The molecule has 0 radical (unpaired) electrons. The molecule has 1 aliphatic rings. The lowest BCUT2D eigenvalue weighted by atomic mass is 10.3. The predicted molar refractivity (Wildman–Crippen MR) is 91.9 cm³/mol. The summed E-state index contributed by atoms with van der Waals surface area (Å²) in [6.07, 6.45) is 2.68. The average molecular weight is 385 g/mol. The summed E-state index contributed by atoms with van der Waals surface area (Å²) >= 11 is 5.79. The molecule has 1 N–H and O–H groups in total. The van der Waals surface area contributed by atoms with Crippen molar-refractivity contribution >= 4 is 33.2 Å². The van der Waals surface area contributed by atoms with Crippen LogP contribution in [0.15, 0.2) is 41.8 Å². The fraction of sp³-hybridized carbons (Fsp3) is 0.333. The van der Waals surface area contributed by atoms with Crippen LogP contribution < -0.4 is 5.32 Å². The van der Waals surface area contributed by atoms with Crippen LogP contribution in [0.25, 0.3) is 0 Å². The molecule has 10 heteroatoms. The van der Waals surface area contributed by atoms with E-state index in [4.69, 9.17) is 16.3 Å². The second-order valence-corrected chi connectivity index (χ2v) is 7.78. The van der Waals surface area contributed by atoms with Gasteiger partial charge in [-0.2, -0.15) is 4.31 Å². The first-order chi connectivity index (χ1) is 11.9. The number of rotatable bonds is 5. The van der Waals surface area contributed by atoms with E-state index in [0.717, 1.165) is 0 Å².